The van der Waals surface area contributed by atoms with Crippen LogP contribution in [-0.2, 0) is 20.8 Å². The maximum atomic E-state index is 13.5. The molecule has 0 unspecified atom stereocenters. The first-order chi connectivity index (χ1) is 22.2. The van der Waals surface area contributed by atoms with Gasteiger partial charge in [-0.15, -0.1) is 22.7 Å². The number of carbonyl (C=O) groups excluding carboxylic acids is 5. The van der Waals surface area contributed by atoms with Gasteiger partial charge in [0.05, 0.1) is 18.6 Å². The Morgan fingerprint density at radius 3 is 2.37 bits per heavy atom. The smallest absolute Gasteiger partial charge is 0.271 e. The largest absolute Gasteiger partial charge is 0.351 e. The zero-order valence-electron chi connectivity index (χ0n) is 26.0. The van der Waals surface area contributed by atoms with Crippen molar-refractivity contribution < 1.29 is 24.0 Å². The molecule has 0 saturated carbocycles. The monoisotopic (exact) mass is 665 g/mol. The molecule has 46 heavy (non-hydrogen) atoms. The molecule has 3 aromatic rings. The highest BCUT2D eigenvalue weighted by atomic mass is 32.1. The summed E-state index contributed by atoms with van der Waals surface area (Å²) >= 11 is 2.59. The summed E-state index contributed by atoms with van der Waals surface area (Å²) < 4.78 is 0. The number of thiazole rings is 2. The summed E-state index contributed by atoms with van der Waals surface area (Å²) in [5.41, 5.74) is 1.45. The van der Waals surface area contributed by atoms with E-state index in [-0.39, 0.29) is 72.9 Å². The second-order valence-electron chi connectivity index (χ2n) is 11.8. The normalized spacial score (nSPS) is 20.1. The third-order valence-corrected chi connectivity index (χ3v) is 9.88. The van der Waals surface area contributed by atoms with Crippen molar-refractivity contribution in [3.8, 4) is 0 Å². The zero-order valence-corrected chi connectivity index (χ0v) is 27.6. The number of hydrogen-bond acceptors (Lipinski definition) is 9. The summed E-state index contributed by atoms with van der Waals surface area (Å²) in [4.78, 5) is 77.6. The Morgan fingerprint density at radius 2 is 1.65 bits per heavy atom. The molecular weight excluding hydrogens is 627 g/mol. The number of rotatable bonds is 6. The molecule has 0 aliphatic carbocycles. The molecule has 2 aliphatic heterocycles. The van der Waals surface area contributed by atoms with E-state index >= 15 is 0 Å². The third-order valence-electron chi connectivity index (χ3n) is 7.99. The number of benzene rings is 1. The van der Waals surface area contributed by atoms with Gasteiger partial charge in [-0.25, -0.2) is 9.97 Å². The van der Waals surface area contributed by atoms with Crippen LogP contribution in [-0.4, -0.2) is 82.0 Å². The first-order valence-corrected chi connectivity index (χ1v) is 17.3. The van der Waals surface area contributed by atoms with Crippen molar-refractivity contribution in [3.63, 3.8) is 0 Å². The molecule has 3 N–H and O–H groups in total. The van der Waals surface area contributed by atoms with Crippen LogP contribution in [0.2, 0.25) is 0 Å². The molecule has 1 saturated heterocycles. The van der Waals surface area contributed by atoms with Crippen LogP contribution in [0.3, 0.4) is 0 Å². The van der Waals surface area contributed by atoms with Crippen LogP contribution in [0.5, 0.6) is 0 Å². The highest BCUT2D eigenvalue weighted by Gasteiger charge is 2.28. The summed E-state index contributed by atoms with van der Waals surface area (Å²) in [6.07, 6.45) is 2.22. The molecule has 4 heterocycles. The Labute approximate surface area is 276 Å². The van der Waals surface area contributed by atoms with E-state index in [1.54, 1.807) is 15.7 Å². The van der Waals surface area contributed by atoms with Crippen molar-refractivity contribution in [1.29, 1.82) is 0 Å². The molecule has 5 amide bonds. The van der Waals surface area contributed by atoms with Gasteiger partial charge in [-0.3, -0.25) is 24.0 Å². The highest BCUT2D eigenvalue weighted by molar-refractivity contribution is 7.10. The molecule has 5 rings (SSSR count). The molecule has 2 atom stereocenters. The van der Waals surface area contributed by atoms with E-state index in [1.165, 1.54) is 27.6 Å². The fourth-order valence-corrected chi connectivity index (χ4v) is 7.33. The van der Waals surface area contributed by atoms with E-state index in [1.807, 2.05) is 44.2 Å². The van der Waals surface area contributed by atoms with E-state index in [2.05, 4.69) is 25.9 Å². The molecule has 244 valence electrons. The Hall–Kier alpha value is -4.17. The Kier molecular flexibility index (Phi) is 11.1. The molecule has 4 bridgehead atoms. The van der Waals surface area contributed by atoms with Crippen LogP contribution in [0.1, 0.15) is 88.2 Å². The maximum absolute atomic E-state index is 13.5. The number of amides is 5. The van der Waals surface area contributed by atoms with Crippen LogP contribution < -0.4 is 16.0 Å². The summed E-state index contributed by atoms with van der Waals surface area (Å²) in [7, 11) is 0. The van der Waals surface area contributed by atoms with Crippen molar-refractivity contribution in [2.24, 2.45) is 5.92 Å². The maximum Gasteiger partial charge on any atom is 0.271 e. The topological polar surface area (TPSA) is 154 Å². The van der Waals surface area contributed by atoms with Crippen LogP contribution in [0, 0.1) is 5.92 Å². The number of fused-ring (bicyclic) bond motifs is 4. The first kappa shape index (κ1) is 33.2. The molecule has 12 nitrogen and oxygen atoms in total. The predicted molar refractivity (Wildman–Crippen MR) is 174 cm³/mol. The lowest BCUT2D eigenvalue weighted by molar-refractivity contribution is -0.137. The third kappa shape index (κ3) is 8.55. The number of nitrogens with one attached hydrogen (secondary N) is 3. The number of likely N-dealkylation sites (tertiary alicyclic amines) is 1. The summed E-state index contributed by atoms with van der Waals surface area (Å²) in [5, 5.41) is 13.4. The van der Waals surface area contributed by atoms with E-state index in [0.717, 1.165) is 12.0 Å². The van der Waals surface area contributed by atoms with E-state index in [4.69, 9.17) is 0 Å². The SMILES string of the molecule is CC(C)[C@@H]1NC(=O)c2csc(n2)[C@H](Cc2ccccc2)NC(=O)CN(C(=O)CCN2CCCC2=O)CCCNC(=O)c2csc1n2. The summed E-state index contributed by atoms with van der Waals surface area (Å²) in [6, 6.07) is 8.70. The van der Waals surface area contributed by atoms with Gasteiger partial charge >= 0.3 is 0 Å². The van der Waals surface area contributed by atoms with Gasteiger partial charge in [-0.05, 0) is 30.7 Å². The Morgan fingerprint density at radius 1 is 0.935 bits per heavy atom. The predicted octanol–water partition coefficient (Wildman–Crippen LogP) is 3.10. The second-order valence-corrected chi connectivity index (χ2v) is 13.6. The Bertz CT molecular complexity index is 1560. The number of hydrogen-bond donors (Lipinski definition) is 3. The van der Waals surface area contributed by atoms with Gasteiger partial charge in [0.15, 0.2) is 0 Å². The van der Waals surface area contributed by atoms with Crippen molar-refractivity contribution in [2.75, 3.05) is 32.7 Å². The average molecular weight is 666 g/mol. The van der Waals surface area contributed by atoms with Gasteiger partial charge in [-0.2, -0.15) is 0 Å². The molecular formula is C32H39N7O5S2. The van der Waals surface area contributed by atoms with Crippen molar-refractivity contribution in [3.05, 3.63) is 68.1 Å². The molecule has 0 spiro atoms. The molecule has 2 aromatic heterocycles. The standard InChI is InChI=1S/C32H39N7O5S2/c1-20(2)28-32-36-23(18-46-32)29(43)33-12-7-14-39(27(42)11-15-38-13-6-10-26(38)41)17-25(40)34-22(16-21-8-4-3-5-9-21)31-35-24(19-45-31)30(44)37-28/h3-5,8-9,18-20,22,28H,6-7,10-17H2,1-2H3,(H,33,43)(H,34,40)(H,37,44)/t22-,28-/m0/s1. The van der Waals surface area contributed by atoms with Crippen molar-refractivity contribution in [2.45, 2.75) is 58.0 Å². The lowest BCUT2D eigenvalue weighted by Crippen LogP contribution is -2.44. The minimum absolute atomic E-state index is 0.00421. The van der Waals surface area contributed by atoms with Gasteiger partial charge in [0.1, 0.15) is 21.4 Å². The number of aromatic nitrogens is 2. The van der Waals surface area contributed by atoms with Crippen LogP contribution in [0.4, 0.5) is 0 Å². The lowest BCUT2D eigenvalue weighted by atomic mass is 10.0. The molecule has 1 fully saturated rings. The first-order valence-electron chi connectivity index (χ1n) is 15.6. The fraction of sp³-hybridized carbons (Fsp3) is 0.469. The number of nitrogens with zero attached hydrogens (tertiary/aromatic N) is 4. The summed E-state index contributed by atoms with van der Waals surface area (Å²) in [5.74, 6) is -1.32. The molecule has 0 radical (unpaired) electrons. The van der Waals surface area contributed by atoms with Gasteiger partial charge in [-0.1, -0.05) is 44.2 Å². The van der Waals surface area contributed by atoms with E-state index < -0.39 is 12.1 Å². The minimum atomic E-state index is -0.538. The van der Waals surface area contributed by atoms with Crippen LogP contribution >= 0.6 is 22.7 Å². The van der Waals surface area contributed by atoms with Crippen molar-refractivity contribution in [1.82, 2.24) is 35.7 Å². The Balaban J connectivity index is 1.41. The van der Waals surface area contributed by atoms with E-state index in [9.17, 15) is 24.0 Å². The van der Waals surface area contributed by atoms with Crippen LogP contribution in [0.15, 0.2) is 41.1 Å². The van der Waals surface area contributed by atoms with Gasteiger partial charge < -0.3 is 25.8 Å². The molecule has 1 aromatic carbocycles. The zero-order chi connectivity index (χ0) is 32.6. The van der Waals surface area contributed by atoms with Gasteiger partial charge in [0, 0.05) is 49.8 Å². The molecule has 2 aliphatic rings. The van der Waals surface area contributed by atoms with E-state index in [0.29, 0.717) is 42.4 Å². The fourth-order valence-electron chi connectivity index (χ4n) is 5.46. The van der Waals surface area contributed by atoms with Gasteiger partial charge in [0.2, 0.25) is 17.7 Å². The quantitative estimate of drug-likeness (QED) is 0.366. The van der Waals surface area contributed by atoms with Gasteiger partial charge in [0.25, 0.3) is 11.8 Å². The molecule has 14 heteroatoms. The highest BCUT2D eigenvalue weighted by Crippen LogP contribution is 2.27. The number of carbonyl (C=O) groups is 5. The second kappa shape index (κ2) is 15.4. The lowest BCUT2D eigenvalue weighted by Gasteiger charge is -2.25. The summed E-state index contributed by atoms with van der Waals surface area (Å²) in [6.45, 7) is 5.17. The minimum Gasteiger partial charge on any atom is -0.351 e. The van der Waals surface area contributed by atoms with Crippen molar-refractivity contribution >= 4 is 52.2 Å². The van der Waals surface area contributed by atoms with Crippen LogP contribution in [0.25, 0.3) is 0 Å². The average Bonchev–Trinajstić information content (AvgIpc) is 3.81.